The zero-order chi connectivity index (χ0) is 18.7. The van der Waals surface area contributed by atoms with E-state index in [0.29, 0.717) is 14.3 Å². The third-order valence-electron chi connectivity index (χ3n) is 5.02. The third-order valence-corrected chi connectivity index (χ3v) is 6.45. The molecule has 0 aliphatic carbocycles. The maximum atomic E-state index is 13.9. The fourth-order valence-corrected chi connectivity index (χ4v) is 4.77. The second-order valence-corrected chi connectivity index (χ2v) is 9.54. The third kappa shape index (κ3) is 4.64. The topological polar surface area (TPSA) is 23.5 Å². The van der Waals surface area contributed by atoms with Crippen LogP contribution in [0.25, 0.3) is 0 Å². The van der Waals surface area contributed by atoms with E-state index in [1.54, 1.807) is 6.07 Å². The summed E-state index contributed by atoms with van der Waals surface area (Å²) in [5, 5.41) is 12.8. The second-order valence-electron chi connectivity index (χ2n) is 8.22. The molecule has 0 amide bonds. The highest BCUT2D eigenvalue weighted by molar-refractivity contribution is 7.55. The number of hydrogen-bond acceptors (Lipinski definition) is 2. The number of nitrogens with zero attached hydrogens (tertiary/aromatic N) is 1. The summed E-state index contributed by atoms with van der Waals surface area (Å²) < 4.78 is 13.9. The molecule has 1 aliphatic rings. The summed E-state index contributed by atoms with van der Waals surface area (Å²) in [5.74, 6) is 0.199. The van der Waals surface area contributed by atoms with Crippen LogP contribution in [-0.2, 0) is 12.0 Å². The Bertz CT molecular complexity index is 763. The Morgan fingerprint density at radius 1 is 1.04 bits per heavy atom. The molecule has 1 aliphatic heterocycles. The lowest BCUT2D eigenvalue weighted by Gasteiger charge is -2.27. The van der Waals surface area contributed by atoms with Crippen molar-refractivity contribution in [3.8, 4) is 5.75 Å². The van der Waals surface area contributed by atoms with Gasteiger partial charge >= 0.3 is 0 Å². The van der Waals surface area contributed by atoms with Crippen molar-refractivity contribution in [3.63, 3.8) is 0 Å². The number of piperidine rings is 1. The van der Waals surface area contributed by atoms with Gasteiger partial charge in [-0.2, -0.15) is 0 Å². The van der Waals surface area contributed by atoms with E-state index < -0.39 is 0 Å². The van der Waals surface area contributed by atoms with Crippen molar-refractivity contribution in [2.75, 3.05) is 13.1 Å². The minimum absolute atomic E-state index is 0.107. The molecule has 26 heavy (non-hydrogen) atoms. The standard InChI is InChI=1S/C22H29FNOP/c1-22(2,3)18-8-7-9-20(21(18)25)26-19-11-10-17(23)14-16(19)15-24-12-5-4-6-13-24/h7-11,14,25-26H,4-6,12-13,15H2,1-3H3. The van der Waals surface area contributed by atoms with Crippen LogP contribution in [0.5, 0.6) is 5.75 Å². The van der Waals surface area contributed by atoms with Gasteiger partial charge in [-0.3, -0.25) is 4.90 Å². The van der Waals surface area contributed by atoms with Gasteiger partial charge in [0.15, 0.2) is 0 Å². The molecule has 3 rings (SSSR count). The molecule has 2 aromatic carbocycles. The average molecular weight is 373 g/mol. The van der Waals surface area contributed by atoms with Crippen LogP contribution in [-0.4, -0.2) is 23.1 Å². The molecule has 4 heteroatoms. The highest BCUT2D eigenvalue weighted by Gasteiger charge is 2.20. The highest BCUT2D eigenvalue weighted by Crippen LogP contribution is 2.32. The quantitative estimate of drug-likeness (QED) is 0.801. The van der Waals surface area contributed by atoms with Crippen molar-refractivity contribution in [1.29, 1.82) is 0 Å². The first-order chi connectivity index (χ1) is 12.3. The fraction of sp³-hybridized carbons (Fsp3) is 0.455. The fourth-order valence-electron chi connectivity index (χ4n) is 3.57. The average Bonchev–Trinajstić information content (AvgIpc) is 2.59. The van der Waals surface area contributed by atoms with Gasteiger partial charge in [0.05, 0.1) is 0 Å². The Kier molecular flexibility index (Phi) is 5.99. The number of aromatic hydroxyl groups is 1. The number of benzene rings is 2. The van der Waals surface area contributed by atoms with Crippen LogP contribution in [0.3, 0.4) is 0 Å². The van der Waals surface area contributed by atoms with Gasteiger partial charge in [0.2, 0.25) is 0 Å². The van der Waals surface area contributed by atoms with E-state index in [0.717, 1.165) is 41.4 Å². The van der Waals surface area contributed by atoms with Crippen molar-refractivity contribution in [2.45, 2.75) is 52.0 Å². The van der Waals surface area contributed by atoms with Crippen molar-refractivity contribution in [1.82, 2.24) is 4.90 Å². The van der Waals surface area contributed by atoms with Crippen LogP contribution in [0.1, 0.15) is 51.2 Å². The van der Waals surface area contributed by atoms with E-state index in [-0.39, 0.29) is 11.2 Å². The predicted molar refractivity (Wildman–Crippen MR) is 110 cm³/mol. The Hall–Kier alpha value is -1.44. The Morgan fingerprint density at radius 2 is 1.77 bits per heavy atom. The molecule has 0 radical (unpaired) electrons. The van der Waals surface area contributed by atoms with Crippen LogP contribution in [0.2, 0.25) is 0 Å². The zero-order valence-corrected chi connectivity index (χ0v) is 17.0. The van der Waals surface area contributed by atoms with E-state index in [1.807, 2.05) is 24.3 Å². The molecule has 0 spiro atoms. The van der Waals surface area contributed by atoms with E-state index in [9.17, 15) is 9.50 Å². The smallest absolute Gasteiger partial charge is 0.127 e. The molecule has 1 N–H and O–H groups in total. The highest BCUT2D eigenvalue weighted by atomic mass is 31.1. The van der Waals surface area contributed by atoms with Gasteiger partial charge in [-0.05, 0) is 59.9 Å². The molecule has 140 valence electrons. The number of phenolic OH excluding ortho intramolecular Hbond substituents is 1. The first kappa shape index (κ1) is 19.3. The maximum Gasteiger partial charge on any atom is 0.127 e. The van der Waals surface area contributed by atoms with E-state index in [2.05, 4.69) is 25.7 Å². The van der Waals surface area contributed by atoms with Crippen molar-refractivity contribution < 1.29 is 9.50 Å². The van der Waals surface area contributed by atoms with Gasteiger partial charge < -0.3 is 5.11 Å². The van der Waals surface area contributed by atoms with Crippen molar-refractivity contribution in [2.24, 2.45) is 0 Å². The van der Waals surface area contributed by atoms with Gasteiger partial charge in [0.25, 0.3) is 0 Å². The molecular formula is C22H29FNOP. The summed E-state index contributed by atoms with van der Waals surface area (Å²) in [6, 6.07) is 11.1. The lowest BCUT2D eigenvalue weighted by Crippen LogP contribution is -2.30. The van der Waals surface area contributed by atoms with Gasteiger partial charge in [-0.1, -0.05) is 60.0 Å². The van der Waals surface area contributed by atoms with Crippen molar-refractivity contribution in [3.05, 3.63) is 53.3 Å². The number of hydrogen-bond donors (Lipinski definition) is 1. The molecule has 1 atom stereocenters. The van der Waals surface area contributed by atoms with Gasteiger partial charge in [0, 0.05) is 11.8 Å². The largest absolute Gasteiger partial charge is 0.507 e. The summed E-state index contributed by atoms with van der Waals surface area (Å²) in [5.41, 5.74) is 1.90. The number of likely N-dealkylation sites (tertiary alicyclic amines) is 1. The molecule has 1 fully saturated rings. The summed E-state index contributed by atoms with van der Waals surface area (Å²) in [6.07, 6.45) is 3.74. The number of phenols is 1. The molecule has 0 bridgehead atoms. The Balaban J connectivity index is 1.88. The molecule has 0 aromatic heterocycles. The van der Waals surface area contributed by atoms with Crippen LogP contribution < -0.4 is 10.6 Å². The van der Waals surface area contributed by atoms with Crippen LogP contribution >= 0.6 is 8.58 Å². The Morgan fingerprint density at radius 3 is 2.46 bits per heavy atom. The SMILES string of the molecule is CC(C)(C)c1cccc(Pc2ccc(F)cc2CN2CCCCC2)c1O. The van der Waals surface area contributed by atoms with Gasteiger partial charge in [-0.25, -0.2) is 4.39 Å². The normalized spacial score (nSPS) is 16.5. The molecule has 2 aromatic rings. The molecule has 2 nitrogen and oxygen atoms in total. The minimum atomic E-state index is -0.182. The van der Waals surface area contributed by atoms with Crippen LogP contribution in [0, 0.1) is 5.82 Å². The van der Waals surface area contributed by atoms with E-state index >= 15 is 0 Å². The summed E-state index contributed by atoms with van der Waals surface area (Å²) in [7, 11) is 0.324. The summed E-state index contributed by atoms with van der Waals surface area (Å²) >= 11 is 0. The Labute approximate surface area is 158 Å². The second kappa shape index (κ2) is 8.06. The molecule has 1 unspecified atom stereocenters. The number of halogens is 1. The van der Waals surface area contributed by atoms with Gasteiger partial charge in [-0.15, -0.1) is 0 Å². The van der Waals surface area contributed by atoms with E-state index in [4.69, 9.17) is 0 Å². The number of rotatable bonds is 4. The monoisotopic (exact) mass is 373 g/mol. The summed E-state index contributed by atoms with van der Waals surface area (Å²) in [6.45, 7) is 9.28. The predicted octanol–water partition coefficient (Wildman–Crippen LogP) is 4.44. The molecule has 1 heterocycles. The molecular weight excluding hydrogens is 344 g/mol. The first-order valence-electron chi connectivity index (χ1n) is 9.45. The van der Waals surface area contributed by atoms with Gasteiger partial charge in [0.1, 0.15) is 11.6 Å². The maximum absolute atomic E-state index is 13.9. The lowest BCUT2D eigenvalue weighted by molar-refractivity contribution is 0.221. The molecule has 0 saturated carbocycles. The molecule has 1 saturated heterocycles. The first-order valence-corrected chi connectivity index (χ1v) is 10.4. The van der Waals surface area contributed by atoms with E-state index in [1.165, 1.54) is 25.3 Å². The van der Waals surface area contributed by atoms with Crippen molar-refractivity contribution >= 4 is 19.2 Å². The van der Waals surface area contributed by atoms with Crippen LogP contribution in [0.4, 0.5) is 4.39 Å². The zero-order valence-electron chi connectivity index (χ0n) is 16.0. The minimum Gasteiger partial charge on any atom is -0.507 e. The lowest BCUT2D eigenvalue weighted by atomic mass is 9.86. The summed E-state index contributed by atoms with van der Waals surface area (Å²) in [4.78, 5) is 2.41. The van der Waals surface area contributed by atoms with Crippen LogP contribution in [0.15, 0.2) is 36.4 Å². The number of para-hydroxylation sites is 1.